The van der Waals surface area contributed by atoms with Gasteiger partial charge in [0.15, 0.2) is 0 Å². The molecule has 4 fully saturated rings. The first-order valence-corrected chi connectivity index (χ1v) is 9.50. The van der Waals surface area contributed by atoms with Gasteiger partial charge in [-0.15, -0.1) is 0 Å². The minimum atomic E-state index is 0.218. The van der Waals surface area contributed by atoms with E-state index in [2.05, 4.69) is 60.7 Å². The lowest BCUT2D eigenvalue weighted by Crippen LogP contribution is -2.49. The summed E-state index contributed by atoms with van der Waals surface area (Å²) in [7, 11) is 0. The monoisotopic (exact) mass is 316 g/mol. The van der Waals surface area contributed by atoms with Gasteiger partial charge in [0.1, 0.15) is 0 Å². The van der Waals surface area contributed by atoms with Crippen molar-refractivity contribution in [3.63, 3.8) is 0 Å². The first kappa shape index (κ1) is 14.5. The molecule has 6 rings (SSSR count). The van der Waals surface area contributed by atoms with Crippen LogP contribution in [-0.2, 0) is 0 Å². The third-order valence-electron chi connectivity index (χ3n) is 6.45. The molecule has 2 aromatic carbocycles. The van der Waals surface area contributed by atoms with Crippen molar-refractivity contribution < 1.29 is 0 Å². The van der Waals surface area contributed by atoms with Crippen molar-refractivity contribution in [2.75, 3.05) is 0 Å². The minimum absolute atomic E-state index is 0.218. The minimum Gasteiger partial charge on any atom is -0.277 e. The number of hydrogen-bond donors (Lipinski definition) is 0. The SMILES string of the molecule is c1ccc(C(=[15N]C23CC4CC(CC(C4)C2)C3)c2ccccc2)cc1. The number of aliphatic imine (C=N–C) groups is 1. The van der Waals surface area contributed by atoms with Gasteiger partial charge in [0.25, 0.3) is 0 Å². The van der Waals surface area contributed by atoms with E-state index < -0.39 is 0 Å². The summed E-state index contributed by atoms with van der Waals surface area (Å²) in [6, 6.07) is 21.6. The van der Waals surface area contributed by atoms with E-state index in [1.54, 1.807) is 0 Å². The van der Waals surface area contributed by atoms with Crippen molar-refractivity contribution in [2.24, 2.45) is 22.7 Å². The summed E-state index contributed by atoms with van der Waals surface area (Å²) in [4.78, 5) is 5.53. The second-order valence-electron chi connectivity index (χ2n) is 8.33. The second-order valence-corrected chi connectivity index (χ2v) is 8.33. The van der Waals surface area contributed by atoms with Crippen LogP contribution in [0.15, 0.2) is 65.7 Å². The van der Waals surface area contributed by atoms with E-state index in [4.69, 9.17) is 4.99 Å². The Balaban J connectivity index is 1.61. The van der Waals surface area contributed by atoms with Crippen LogP contribution >= 0.6 is 0 Å². The van der Waals surface area contributed by atoms with Gasteiger partial charge in [0.2, 0.25) is 0 Å². The molecule has 122 valence electrons. The van der Waals surface area contributed by atoms with Gasteiger partial charge < -0.3 is 0 Å². The van der Waals surface area contributed by atoms with Crippen molar-refractivity contribution in [3.05, 3.63) is 71.8 Å². The van der Waals surface area contributed by atoms with Crippen LogP contribution in [0.1, 0.15) is 49.7 Å². The molecule has 4 aliphatic carbocycles. The molecule has 0 unspecified atom stereocenters. The third-order valence-corrected chi connectivity index (χ3v) is 6.45. The molecule has 4 aliphatic rings. The van der Waals surface area contributed by atoms with Crippen LogP contribution < -0.4 is 0 Å². The molecule has 24 heavy (non-hydrogen) atoms. The van der Waals surface area contributed by atoms with Crippen LogP contribution in [0.3, 0.4) is 0 Å². The number of rotatable bonds is 3. The van der Waals surface area contributed by atoms with E-state index in [1.165, 1.54) is 55.4 Å². The molecule has 0 heterocycles. The summed E-state index contributed by atoms with van der Waals surface area (Å²) in [6.07, 6.45) is 8.38. The summed E-state index contributed by atoms with van der Waals surface area (Å²) in [6.45, 7) is 0. The highest BCUT2D eigenvalue weighted by molar-refractivity contribution is 6.13. The molecule has 4 bridgehead atoms. The molecular weight excluding hydrogens is 291 g/mol. The normalized spacial score (nSPS) is 33.4. The van der Waals surface area contributed by atoms with Gasteiger partial charge in [-0.25, -0.2) is 0 Å². The largest absolute Gasteiger partial charge is 0.277 e. The Morgan fingerprint density at radius 3 is 1.50 bits per heavy atom. The predicted molar refractivity (Wildman–Crippen MR) is 99.4 cm³/mol. The van der Waals surface area contributed by atoms with E-state index in [-0.39, 0.29) is 5.54 Å². The third kappa shape index (κ3) is 2.51. The molecule has 4 saturated carbocycles. The Bertz CT molecular complexity index is 667. The molecule has 0 saturated heterocycles. The Morgan fingerprint density at radius 2 is 1.08 bits per heavy atom. The number of benzene rings is 2. The van der Waals surface area contributed by atoms with Crippen LogP contribution in [0.5, 0.6) is 0 Å². The molecule has 1 nitrogen and oxygen atoms in total. The van der Waals surface area contributed by atoms with Crippen LogP contribution in [0.25, 0.3) is 0 Å². The van der Waals surface area contributed by atoms with Gasteiger partial charge in [-0.3, -0.25) is 4.99 Å². The van der Waals surface area contributed by atoms with Crippen LogP contribution in [0.4, 0.5) is 0 Å². The van der Waals surface area contributed by atoms with Gasteiger partial charge in [-0.1, -0.05) is 60.7 Å². The molecule has 0 aliphatic heterocycles. The first-order chi connectivity index (χ1) is 11.8. The summed E-state index contributed by atoms with van der Waals surface area (Å²) >= 11 is 0. The van der Waals surface area contributed by atoms with Crippen molar-refractivity contribution in [2.45, 2.75) is 44.1 Å². The molecule has 0 N–H and O–H groups in total. The fourth-order valence-electron chi connectivity index (χ4n) is 5.93. The molecule has 0 aromatic heterocycles. The van der Waals surface area contributed by atoms with Crippen LogP contribution in [-0.4, -0.2) is 11.3 Å². The Labute approximate surface area is 144 Å². The van der Waals surface area contributed by atoms with Gasteiger partial charge in [0, 0.05) is 11.1 Å². The fourth-order valence-corrected chi connectivity index (χ4v) is 5.93. The second kappa shape index (κ2) is 5.58. The lowest BCUT2D eigenvalue weighted by molar-refractivity contribution is 0.00174. The van der Waals surface area contributed by atoms with Gasteiger partial charge in [-0.2, -0.15) is 0 Å². The lowest BCUT2D eigenvalue weighted by atomic mass is 9.54. The van der Waals surface area contributed by atoms with E-state index in [9.17, 15) is 0 Å². The Morgan fingerprint density at radius 1 is 0.667 bits per heavy atom. The molecular formula is C23H25N. The highest BCUT2D eigenvalue weighted by Gasteiger charge is 2.51. The zero-order valence-corrected chi connectivity index (χ0v) is 14.2. The Kier molecular flexibility index (Phi) is 3.36. The van der Waals surface area contributed by atoms with Crippen LogP contribution in [0, 0.1) is 17.8 Å². The maximum Gasteiger partial charge on any atom is 0.0725 e. The highest BCUT2D eigenvalue weighted by atomic mass is 15.6. The summed E-state index contributed by atoms with van der Waals surface area (Å²) in [5.74, 6) is 2.81. The van der Waals surface area contributed by atoms with Gasteiger partial charge in [0.05, 0.1) is 11.3 Å². The highest BCUT2D eigenvalue weighted by Crippen LogP contribution is 2.57. The molecule has 2 aromatic rings. The van der Waals surface area contributed by atoms with Crippen molar-refractivity contribution >= 4 is 5.71 Å². The van der Waals surface area contributed by atoms with Gasteiger partial charge >= 0.3 is 0 Å². The van der Waals surface area contributed by atoms with Crippen molar-refractivity contribution in [3.8, 4) is 0 Å². The van der Waals surface area contributed by atoms with E-state index in [1.807, 2.05) is 0 Å². The topological polar surface area (TPSA) is 12.4 Å². The zero-order chi connectivity index (χ0) is 16.0. The van der Waals surface area contributed by atoms with E-state index >= 15 is 0 Å². The maximum absolute atomic E-state index is 5.53. The fraction of sp³-hybridized carbons (Fsp3) is 0.435. The average Bonchev–Trinajstić information content (AvgIpc) is 2.60. The molecule has 0 atom stereocenters. The van der Waals surface area contributed by atoms with Crippen LogP contribution in [0.2, 0.25) is 0 Å². The molecule has 0 spiro atoms. The maximum atomic E-state index is 5.53. The lowest BCUT2D eigenvalue weighted by Gasteiger charge is -2.55. The molecule has 1 heteroatoms. The van der Waals surface area contributed by atoms with E-state index in [0.717, 1.165) is 17.8 Å². The quantitative estimate of drug-likeness (QED) is 0.524. The summed E-state index contributed by atoms with van der Waals surface area (Å²) < 4.78 is 0. The average molecular weight is 316 g/mol. The first-order valence-electron chi connectivity index (χ1n) is 9.50. The number of nitrogens with zero attached hydrogens (tertiary/aromatic N) is 1. The zero-order valence-electron chi connectivity index (χ0n) is 14.2. The molecule has 0 radical (unpaired) electrons. The van der Waals surface area contributed by atoms with Crippen molar-refractivity contribution in [1.82, 2.24) is 0 Å². The summed E-state index contributed by atoms with van der Waals surface area (Å²) in [5, 5.41) is 0. The Hall–Kier alpha value is -1.89. The van der Waals surface area contributed by atoms with Crippen molar-refractivity contribution in [1.29, 1.82) is 0 Å². The van der Waals surface area contributed by atoms with E-state index in [0.29, 0.717) is 0 Å². The summed E-state index contributed by atoms with van der Waals surface area (Å²) in [5.41, 5.74) is 3.95. The smallest absolute Gasteiger partial charge is 0.0725 e. The molecule has 0 amide bonds. The van der Waals surface area contributed by atoms with Gasteiger partial charge in [-0.05, 0) is 56.3 Å². The predicted octanol–water partition coefficient (Wildman–Crippen LogP) is 5.49. The standard InChI is InChI=1S/C23H25N/c1-3-7-20(8-4-1)22(21-9-5-2-6-10-21)24-23-14-17-11-18(15-23)13-19(12-17)16-23/h1-10,17-19H,11-16H2/i24+1. The number of hydrogen-bond acceptors (Lipinski definition) is 1.